The molecule has 3 heteroatoms. The van der Waals surface area contributed by atoms with Crippen LogP contribution < -0.4 is 5.32 Å². The van der Waals surface area contributed by atoms with E-state index in [1.807, 2.05) is 12.1 Å². The third-order valence-corrected chi connectivity index (χ3v) is 3.97. The topological polar surface area (TPSA) is 32.3 Å². The monoisotopic (exact) mass is 260 g/mol. The van der Waals surface area contributed by atoms with Gasteiger partial charge in [0.25, 0.3) is 0 Å². The van der Waals surface area contributed by atoms with Crippen LogP contribution in [-0.4, -0.2) is 37.0 Å². The van der Waals surface area contributed by atoms with Gasteiger partial charge in [-0.05, 0) is 57.5 Å². The van der Waals surface area contributed by atoms with Crippen LogP contribution in [0.25, 0.3) is 0 Å². The molecule has 0 saturated carbocycles. The summed E-state index contributed by atoms with van der Waals surface area (Å²) in [4.78, 5) is 14.3. The van der Waals surface area contributed by atoms with Crippen molar-refractivity contribution in [2.24, 2.45) is 0 Å². The first-order valence-electron chi connectivity index (χ1n) is 7.17. The van der Waals surface area contributed by atoms with Gasteiger partial charge in [-0.3, -0.25) is 4.79 Å². The molecule has 1 saturated heterocycles. The first-order valence-corrected chi connectivity index (χ1v) is 7.17. The van der Waals surface area contributed by atoms with E-state index in [0.29, 0.717) is 12.5 Å². The van der Waals surface area contributed by atoms with Gasteiger partial charge in [0.1, 0.15) is 0 Å². The molecule has 0 unspecified atom stereocenters. The minimum Gasteiger partial charge on any atom is -0.353 e. The van der Waals surface area contributed by atoms with Gasteiger partial charge in [0.05, 0.1) is 0 Å². The Morgan fingerprint density at radius 1 is 1.32 bits per heavy atom. The first-order chi connectivity index (χ1) is 9.15. The van der Waals surface area contributed by atoms with Crippen LogP contribution in [0.15, 0.2) is 24.3 Å². The van der Waals surface area contributed by atoms with E-state index in [1.165, 1.54) is 11.1 Å². The van der Waals surface area contributed by atoms with Crippen LogP contribution in [0.3, 0.4) is 0 Å². The molecule has 1 aliphatic rings. The van der Waals surface area contributed by atoms with Gasteiger partial charge >= 0.3 is 0 Å². The van der Waals surface area contributed by atoms with E-state index < -0.39 is 0 Å². The molecule has 1 fully saturated rings. The molecule has 3 nitrogen and oxygen atoms in total. The minimum absolute atomic E-state index is 0.192. The van der Waals surface area contributed by atoms with Crippen molar-refractivity contribution in [1.82, 2.24) is 10.2 Å². The summed E-state index contributed by atoms with van der Waals surface area (Å²) < 4.78 is 0. The molecule has 1 N–H and O–H groups in total. The fraction of sp³-hybridized carbons (Fsp3) is 0.562. The number of rotatable bonds is 4. The number of hydrogen-bond donors (Lipinski definition) is 1. The van der Waals surface area contributed by atoms with Crippen molar-refractivity contribution in [1.29, 1.82) is 0 Å². The van der Waals surface area contributed by atoms with Crippen LogP contribution in [0.2, 0.25) is 0 Å². The highest BCUT2D eigenvalue weighted by Crippen LogP contribution is 2.11. The normalized spacial score (nSPS) is 17.4. The number of carbonyl (C=O) groups excluding carboxylic acids is 1. The molecule has 19 heavy (non-hydrogen) atoms. The van der Waals surface area contributed by atoms with Crippen molar-refractivity contribution in [2.75, 3.05) is 20.1 Å². The molecule has 0 atom stereocenters. The van der Waals surface area contributed by atoms with Gasteiger partial charge in [0.15, 0.2) is 0 Å². The lowest BCUT2D eigenvalue weighted by Gasteiger charge is -2.29. The molecule has 1 aliphatic heterocycles. The lowest BCUT2D eigenvalue weighted by molar-refractivity contribution is -0.122. The number of nitrogens with one attached hydrogen (secondary N) is 1. The molecule has 1 aromatic rings. The Kier molecular flexibility index (Phi) is 4.97. The summed E-state index contributed by atoms with van der Waals surface area (Å²) in [7, 11) is 2.14. The number of hydrogen-bond acceptors (Lipinski definition) is 2. The van der Waals surface area contributed by atoms with E-state index in [4.69, 9.17) is 0 Å². The quantitative estimate of drug-likeness (QED) is 0.899. The molecule has 1 heterocycles. The van der Waals surface area contributed by atoms with Crippen molar-refractivity contribution in [3.63, 3.8) is 0 Å². The number of benzene rings is 1. The van der Waals surface area contributed by atoms with E-state index in [2.05, 4.69) is 36.3 Å². The maximum Gasteiger partial charge on any atom is 0.220 e. The van der Waals surface area contributed by atoms with E-state index >= 15 is 0 Å². The van der Waals surface area contributed by atoms with E-state index in [-0.39, 0.29) is 5.91 Å². The van der Waals surface area contributed by atoms with Crippen molar-refractivity contribution in [2.45, 2.75) is 38.6 Å². The fourth-order valence-electron chi connectivity index (χ4n) is 2.59. The minimum atomic E-state index is 0.192. The Hall–Kier alpha value is -1.35. The number of likely N-dealkylation sites (tertiary alicyclic amines) is 1. The standard InChI is InChI=1S/C16H24N2O/c1-13-5-3-4-6-14(13)7-8-16(19)17-15-9-11-18(2)12-10-15/h3-6,15H,7-12H2,1-2H3,(H,17,19). The van der Waals surface area contributed by atoms with Crippen LogP contribution in [0, 0.1) is 6.92 Å². The van der Waals surface area contributed by atoms with Gasteiger partial charge in [0, 0.05) is 12.5 Å². The molecule has 2 rings (SSSR count). The summed E-state index contributed by atoms with van der Waals surface area (Å²) in [6.07, 6.45) is 3.58. The Labute approximate surface area is 116 Å². The summed E-state index contributed by atoms with van der Waals surface area (Å²) in [6.45, 7) is 4.27. The van der Waals surface area contributed by atoms with Crippen LogP contribution in [-0.2, 0) is 11.2 Å². The zero-order valence-electron chi connectivity index (χ0n) is 12.0. The Morgan fingerprint density at radius 2 is 2.00 bits per heavy atom. The Bertz CT molecular complexity index is 423. The third-order valence-electron chi connectivity index (χ3n) is 3.97. The third kappa shape index (κ3) is 4.35. The van der Waals surface area contributed by atoms with E-state index in [1.54, 1.807) is 0 Å². The molecule has 1 amide bonds. The van der Waals surface area contributed by atoms with Crippen molar-refractivity contribution >= 4 is 5.91 Å². The van der Waals surface area contributed by atoms with Gasteiger partial charge in [-0.15, -0.1) is 0 Å². The number of aryl methyl sites for hydroxylation is 2. The molecule has 0 aromatic heterocycles. The second kappa shape index (κ2) is 6.71. The van der Waals surface area contributed by atoms with Gasteiger partial charge in [-0.25, -0.2) is 0 Å². The summed E-state index contributed by atoms with van der Waals surface area (Å²) >= 11 is 0. The Morgan fingerprint density at radius 3 is 2.68 bits per heavy atom. The van der Waals surface area contributed by atoms with Gasteiger partial charge in [-0.1, -0.05) is 24.3 Å². The summed E-state index contributed by atoms with van der Waals surface area (Å²) in [5.74, 6) is 0.192. The van der Waals surface area contributed by atoms with Gasteiger partial charge < -0.3 is 10.2 Å². The average Bonchev–Trinajstić information content (AvgIpc) is 2.40. The van der Waals surface area contributed by atoms with Crippen LogP contribution in [0.5, 0.6) is 0 Å². The lowest BCUT2D eigenvalue weighted by atomic mass is 10.0. The smallest absolute Gasteiger partial charge is 0.220 e. The number of piperidine rings is 1. The average molecular weight is 260 g/mol. The largest absolute Gasteiger partial charge is 0.353 e. The molecule has 1 aromatic carbocycles. The summed E-state index contributed by atoms with van der Waals surface area (Å²) in [5, 5.41) is 3.16. The fourth-order valence-corrected chi connectivity index (χ4v) is 2.59. The molecule has 0 spiro atoms. The summed E-state index contributed by atoms with van der Waals surface area (Å²) in [5.41, 5.74) is 2.55. The zero-order chi connectivity index (χ0) is 13.7. The SMILES string of the molecule is Cc1ccccc1CCC(=O)NC1CCN(C)CC1. The van der Waals surface area contributed by atoms with E-state index in [0.717, 1.165) is 32.4 Å². The van der Waals surface area contributed by atoms with Gasteiger partial charge in [-0.2, -0.15) is 0 Å². The van der Waals surface area contributed by atoms with Crippen molar-refractivity contribution in [3.8, 4) is 0 Å². The van der Waals surface area contributed by atoms with Crippen LogP contribution in [0.1, 0.15) is 30.4 Å². The van der Waals surface area contributed by atoms with Crippen molar-refractivity contribution < 1.29 is 4.79 Å². The van der Waals surface area contributed by atoms with E-state index in [9.17, 15) is 4.79 Å². The Balaban J connectivity index is 1.74. The second-order valence-electron chi connectivity index (χ2n) is 5.57. The van der Waals surface area contributed by atoms with Gasteiger partial charge in [0.2, 0.25) is 5.91 Å². The van der Waals surface area contributed by atoms with Crippen LogP contribution >= 0.6 is 0 Å². The highest BCUT2D eigenvalue weighted by atomic mass is 16.1. The lowest BCUT2D eigenvalue weighted by Crippen LogP contribution is -2.43. The number of amides is 1. The molecule has 0 bridgehead atoms. The van der Waals surface area contributed by atoms with Crippen molar-refractivity contribution in [3.05, 3.63) is 35.4 Å². The first kappa shape index (κ1) is 14.1. The molecule has 104 valence electrons. The molecular weight excluding hydrogens is 236 g/mol. The highest BCUT2D eigenvalue weighted by molar-refractivity contribution is 5.76. The predicted molar refractivity (Wildman–Crippen MR) is 78.2 cm³/mol. The number of nitrogens with zero attached hydrogens (tertiary/aromatic N) is 1. The summed E-state index contributed by atoms with van der Waals surface area (Å²) in [6, 6.07) is 8.66. The molecule has 0 radical (unpaired) electrons. The maximum atomic E-state index is 12.0. The maximum absolute atomic E-state index is 12.0. The molecule has 0 aliphatic carbocycles. The molecular formula is C16H24N2O. The predicted octanol–water partition coefficient (Wildman–Crippen LogP) is 2.14. The zero-order valence-corrected chi connectivity index (χ0v) is 12.0. The highest BCUT2D eigenvalue weighted by Gasteiger charge is 2.18. The second-order valence-corrected chi connectivity index (χ2v) is 5.57. The number of carbonyl (C=O) groups is 1. The van der Waals surface area contributed by atoms with Crippen LogP contribution in [0.4, 0.5) is 0 Å².